The van der Waals surface area contributed by atoms with Gasteiger partial charge in [-0.25, -0.2) is 14.6 Å². The Hall–Kier alpha value is -3.39. The van der Waals surface area contributed by atoms with Crippen molar-refractivity contribution in [1.29, 1.82) is 0 Å². The van der Waals surface area contributed by atoms with Gasteiger partial charge < -0.3 is 19.8 Å². The SMILES string of the molecule is COC(=O)[C@H](Cc1c[nH]c2ccccc12)NC(=O)COC(=O)c1cccnc1Cl. The second kappa shape index (κ2) is 9.20. The first kappa shape index (κ1) is 20.3. The van der Waals surface area contributed by atoms with Crippen molar-refractivity contribution in [2.75, 3.05) is 13.7 Å². The van der Waals surface area contributed by atoms with Crippen LogP contribution in [0.15, 0.2) is 48.8 Å². The van der Waals surface area contributed by atoms with Gasteiger partial charge in [-0.3, -0.25) is 4.79 Å². The second-order valence-electron chi connectivity index (χ2n) is 6.12. The van der Waals surface area contributed by atoms with Gasteiger partial charge in [0.15, 0.2) is 6.61 Å². The molecule has 2 N–H and O–H groups in total. The van der Waals surface area contributed by atoms with Crippen LogP contribution in [0, 0.1) is 0 Å². The number of nitrogens with one attached hydrogen (secondary N) is 2. The molecule has 0 unspecified atom stereocenters. The molecule has 150 valence electrons. The van der Waals surface area contributed by atoms with Crippen LogP contribution in [-0.4, -0.2) is 47.6 Å². The number of benzene rings is 1. The fourth-order valence-corrected chi connectivity index (χ4v) is 3.04. The molecule has 1 aromatic carbocycles. The van der Waals surface area contributed by atoms with Crippen LogP contribution in [-0.2, 0) is 25.5 Å². The number of rotatable bonds is 7. The number of pyridine rings is 1. The number of halogens is 1. The number of carbonyl (C=O) groups excluding carboxylic acids is 3. The number of esters is 2. The average molecular weight is 416 g/mol. The molecule has 0 aliphatic rings. The van der Waals surface area contributed by atoms with Gasteiger partial charge in [-0.2, -0.15) is 0 Å². The Morgan fingerprint density at radius 2 is 2.00 bits per heavy atom. The molecule has 0 spiro atoms. The quantitative estimate of drug-likeness (QED) is 0.452. The van der Waals surface area contributed by atoms with Crippen molar-refractivity contribution in [3.8, 4) is 0 Å². The summed E-state index contributed by atoms with van der Waals surface area (Å²) in [6, 6.07) is 9.62. The lowest BCUT2D eigenvalue weighted by Gasteiger charge is -2.16. The van der Waals surface area contributed by atoms with Gasteiger partial charge in [0.25, 0.3) is 5.91 Å². The minimum Gasteiger partial charge on any atom is -0.467 e. The highest BCUT2D eigenvalue weighted by Crippen LogP contribution is 2.19. The number of H-pyrrole nitrogens is 1. The molecule has 2 aromatic heterocycles. The van der Waals surface area contributed by atoms with E-state index in [1.165, 1.54) is 25.4 Å². The molecule has 0 saturated heterocycles. The maximum absolute atomic E-state index is 12.2. The maximum atomic E-state index is 12.2. The number of carbonyl (C=O) groups is 3. The van der Waals surface area contributed by atoms with Crippen LogP contribution in [0.3, 0.4) is 0 Å². The number of para-hydroxylation sites is 1. The largest absolute Gasteiger partial charge is 0.467 e. The Bertz CT molecular complexity index is 1050. The molecule has 9 heteroatoms. The summed E-state index contributed by atoms with van der Waals surface area (Å²) in [5, 5.41) is 3.45. The molecule has 8 nitrogen and oxygen atoms in total. The number of methoxy groups -OCH3 is 1. The molecule has 3 aromatic rings. The highest BCUT2D eigenvalue weighted by Gasteiger charge is 2.24. The van der Waals surface area contributed by atoms with Crippen molar-refractivity contribution in [3.63, 3.8) is 0 Å². The number of hydrogen-bond donors (Lipinski definition) is 2. The van der Waals surface area contributed by atoms with Crippen LogP contribution in [0.5, 0.6) is 0 Å². The van der Waals surface area contributed by atoms with Crippen molar-refractivity contribution in [2.45, 2.75) is 12.5 Å². The predicted molar refractivity (Wildman–Crippen MR) is 105 cm³/mol. The van der Waals surface area contributed by atoms with Crippen LogP contribution >= 0.6 is 11.6 Å². The molecular weight excluding hydrogens is 398 g/mol. The first-order valence-electron chi connectivity index (χ1n) is 8.69. The van der Waals surface area contributed by atoms with Crippen molar-refractivity contribution in [2.24, 2.45) is 0 Å². The van der Waals surface area contributed by atoms with E-state index in [2.05, 4.69) is 15.3 Å². The summed E-state index contributed by atoms with van der Waals surface area (Å²) in [6.45, 7) is -0.578. The van der Waals surface area contributed by atoms with Crippen molar-refractivity contribution >= 4 is 40.3 Å². The van der Waals surface area contributed by atoms with E-state index < -0.39 is 30.5 Å². The van der Waals surface area contributed by atoms with Gasteiger partial charge in [0.2, 0.25) is 0 Å². The zero-order chi connectivity index (χ0) is 20.8. The molecule has 0 radical (unpaired) electrons. The highest BCUT2D eigenvalue weighted by molar-refractivity contribution is 6.32. The molecule has 1 amide bonds. The molecule has 3 rings (SSSR count). The summed E-state index contributed by atoms with van der Waals surface area (Å²) in [7, 11) is 1.24. The average Bonchev–Trinajstić information content (AvgIpc) is 3.14. The fourth-order valence-electron chi connectivity index (χ4n) is 2.84. The van der Waals surface area contributed by atoms with E-state index >= 15 is 0 Å². The Balaban J connectivity index is 1.64. The standard InChI is InChI=1S/C20H18ClN3O5/c1-28-20(27)16(9-12-10-23-15-7-3-2-5-13(12)15)24-17(25)11-29-19(26)14-6-4-8-22-18(14)21/h2-8,10,16,23H,9,11H2,1H3,(H,24,25)/t16-/m0/s1. The van der Waals surface area contributed by atoms with Crippen molar-refractivity contribution in [3.05, 3.63) is 65.1 Å². The Morgan fingerprint density at radius 3 is 2.76 bits per heavy atom. The topological polar surface area (TPSA) is 110 Å². The minimum atomic E-state index is -0.938. The van der Waals surface area contributed by atoms with Crippen LogP contribution in [0.1, 0.15) is 15.9 Å². The Morgan fingerprint density at radius 1 is 1.21 bits per heavy atom. The third-order valence-electron chi connectivity index (χ3n) is 4.23. The monoisotopic (exact) mass is 415 g/mol. The molecule has 0 aliphatic carbocycles. The molecule has 0 fully saturated rings. The van der Waals surface area contributed by atoms with E-state index in [1.54, 1.807) is 6.20 Å². The smallest absolute Gasteiger partial charge is 0.341 e. The van der Waals surface area contributed by atoms with Crippen LogP contribution < -0.4 is 5.32 Å². The molecule has 2 heterocycles. The summed E-state index contributed by atoms with van der Waals surface area (Å²) in [5.41, 5.74) is 1.81. The van der Waals surface area contributed by atoms with E-state index in [4.69, 9.17) is 21.1 Å². The number of amides is 1. The van der Waals surface area contributed by atoms with Crippen LogP contribution in [0.2, 0.25) is 5.15 Å². The molecule has 0 saturated carbocycles. The molecule has 0 bridgehead atoms. The molecule has 0 aliphatic heterocycles. The number of aromatic amines is 1. The number of aromatic nitrogens is 2. The van der Waals surface area contributed by atoms with Gasteiger partial charge in [0.05, 0.1) is 12.7 Å². The lowest BCUT2D eigenvalue weighted by atomic mass is 10.0. The lowest BCUT2D eigenvalue weighted by molar-refractivity contribution is -0.145. The first-order chi connectivity index (χ1) is 14.0. The van der Waals surface area contributed by atoms with Crippen LogP contribution in [0.25, 0.3) is 10.9 Å². The Kier molecular flexibility index (Phi) is 6.46. The van der Waals surface area contributed by atoms with Gasteiger partial charge in [-0.05, 0) is 23.8 Å². The minimum absolute atomic E-state index is 0.0234. The second-order valence-corrected chi connectivity index (χ2v) is 6.48. The van der Waals surface area contributed by atoms with Gasteiger partial charge >= 0.3 is 11.9 Å². The van der Waals surface area contributed by atoms with Crippen LogP contribution in [0.4, 0.5) is 0 Å². The summed E-state index contributed by atoms with van der Waals surface area (Å²) < 4.78 is 9.74. The summed E-state index contributed by atoms with van der Waals surface area (Å²) in [6.07, 6.45) is 3.42. The Labute approximate surface area is 171 Å². The van der Waals surface area contributed by atoms with Gasteiger partial charge in [0, 0.05) is 29.7 Å². The maximum Gasteiger partial charge on any atom is 0.341 e. The van der Waals surface area contributed by atoms with Gasteiger partial charge in [-0.1, -0.05) is 29.8 Å². The highest BCUT2D eigenvalue weighted by atomic mass is 35.5. The normalized spacial score (nSPS) is 11.7. The fraction of sp³-hybridized carbons (Fsp3) is 0.200. The number of nitrogens with zero attached hydrogens (tertiary/aromatic N) is 1. The number of hydrogen-bond acceptors (Lipinski definition) is 6. The molecule has 1 atom stereocenters. The number of fused-ring (bicyclic) bond motifs is 1. The van der Waals surface area contributed by atoms with E-state index in [1.807, 2.05) is 24.3 Å². The van der Waals surface area contributed by atoms with Gasteiger partial charge in [0.1, 0.15) is 11.2 Å². The van der Waals surface area contributed by atoms with E-state index in [9.17, 15) is 14.4 Å². The summed E-state index contributed by atoms with van der Waals surface area (Å²) in [5.74, 6) is -2.04. The third kappa shape index (κ3) is 4.91. The van der Waals surface area contributed by atoms with Crippen molar-refractivity contribution in [1.82, 2.24) is 15.3 Å². The van der Waals surface area contributed by atoms with E-state index in [0.717, 1.165) is 16.5 Å². The molecular formula is C20H18ClN3O5. The molecule has 29 heavy (non-hydrogen) atoms. The first-order valence-corrected chi connectivity index (χ1v) is 9.07. The summed E-state index contributed by atoms with van der Waals surface area (Å²) in [4.78, 5) is 43.3. The zero-order valence-corrected chi connectivity index (χ0v) is 16.2. The van der Waals surface area contributed by atoms with E-state index in [0.29, 0.717) is 0 Å². The lowest BCUT2D eigenvalue weighted by Crippen LogP contribution is -2.44. The summed E-state index contributed by atoms with van der Waals surface area (Å²) >= 11 is 5.83. The third-order valence-corrected chi connectivity index (χ3v) is 4.53. The van der Waals surface area contributed by atoms with Gasteiger partial charge in [-0.15, -0.1) is 0 Å². The van der Waals surface area contributed by atoms with E-state index in [-0.39, 0.29) is 17.1 Å². The van der Waals surface area contributed by atoms with Crippen molar-refractivity contribution < 1.29 is 23.9 Å². The predicted octanol–water partition coefficient (Wildman–Crippen LogP) is 2.27. The number of ether oxygens (including phenoxy) is 2. The zero-order valence-electron chi connectivity index (χ0n) is 15.5.